The number of methoxy groups -OCH3 is 1. The summed E-state index contributed by atoms with van der Waals surface area (Å²) < 4.78 is 18.8. The maximum Gasteiger partial charge on any atom is 0.255 e. The lowest BCUT2D eigenvalue weighted by Gasteiger charge is -2.31. The average Bonchev–Trinajstić information content (AvgIpc) is 2.73. The second-order valence-electron chi connectivity index (χ2n) is 7.06. The molecule has 5 nitrogen and oxygen atoms in total. The van der Waals surface area contributed by atoms with Crippen LogP contribution in [0.4, 0.5) is 10.1 Å². The number of hydrogen-bond donors (Lipinski definition) is 1. The van der Waals surface area contributed by atoms with Gasteiger partial charge >= 0.3 is 0 Å². The number of para-hydroxylation sites is 1. The largest absolute Gasteiger partial charge is 0.494 e. The zero-order chi connectivity index (χ0) is 20.1. The second kappa shape index (κ2) is 8.87. The fourth-order valence-corrected chi connectivity index (χ4v) is 3.60. The number of nitrogens with zero attached hydrogens (tertiary/aromatic N) is 1. The molecule has 1 fully saturated rings. The van der Waals surface area contributed by atoms with Crippen LogP contribution in [0.3, 0.4) is 0 Å². The van der Waals surface area contributed by atoms with E-state index in [0.29, 0.717) is 11.3 Å². The van der Waals surface area contributed by atoms with E-state index in [9.17, 15) is 14.0 Å². The van der Waals surface area contributed by atoms with Crippen molar-refractivity contribution in [3.05, 3.63) is 59.4 Å². The van der Waals surface area contributed by atoms with Gasteiger partial charge in [0, 0.05) is 18.7 Å². The van der Waals surface area contributed by atoms with Crippen molar-refractivity contribution in [3.63, 3.8) is 0 Å². The molecule has 0 heterocycles. The Hall–Kier alpha value is -2.89. The minimum absolute atomic E-state index is 0.0706. The van der Waals surface area contributed by atoms with Crippen LogP contribution >= 0.6 is 0 Å². The molecule has 1 aliphatic carbocycles. The third-order valence-corrected chi connectivity index (χ3v) is 5.26. The van der Waals surface area contributed by atoms with Crippen LogP contribution in [0, 0.1) is 5.82 Å². The van der Waals surface area contributed by atoms with E-state index in [-0.39, 0.29) is 23.3 Å². The molecular formula is C22H25FN2O3. The van der Waals surface area contributed by atoms with Gasteiger partial charge in [-0.2, -0.15) is 0 Å². The smallest absolute Gasteiger partial charge is 0.255 e. The topological polar surface area (TPSA) is 58.6 Å². The van der Waals surface area contributed by atoms with Crippen LogP contribution in [0.15, 0.2) is 42.5 Å². The van der Waals surface area contributed by atoms with Crippen molar-refractivity contribution in [2.24, 2.45) is 0 Å². The fraction of sp³-hybridized carbons (Fsp3) is 0.364. The van der Waals surface area contributed by atoms with E-state index in [1.165, 1.54) is 25.7 Å². The highest BCUT2D eigenvalue weighted by atomic mass is 19.1. The van der Waals surface area contributed by atoms with Gasteiger partial charge in [0.2, 0.25) is 0 Å². The fourth-order valence-electron chi connectivity index (χ4n) is 3.60. The molecule has 0 unspecified atom stereocenters. The second-order valence-corrected chi connectivity index (χ2v) is 7.06. The van der Waals surface area contributed by atoms with Crippen LogP contribution in [0.1, 0.15) is 52.8 Å². The first-order valence-corrected chi connectivity index (χ1v) is 9.52. The van der Waals surface area contributed by atoms with Crippen LogP contribution in [-0.2, 0) is 0 Å². The number of rotatable bonds is 5. The standard InChI is InChI=1S/C22H25FN2O3/c1-25(16-8-4-3-5-9-16)22(27)17-10-6-7-11-19(17)24-21(26)15-12-13-20(28-2)18(23)14-15/h6-7,10-14,16H,3-5,8-9H2,1-2H3,(H,24,26). The van der Waals surface area contributed by atoms with Crippen LogP contribution in [0.2, 0.25) is 0 Å². The molecule has 0 radical (unpaired) electrons. The Morgan fingerprint density at radius 3 is 2.50 bits per heavy atom. The van der Waals surface area contributed by atoms with Crippen molar-refractivity contribution in [1.82, 2.24) is 4.90 Å². The quantitative estimate of drug-likeness (QED) is 0.826. The Kier molecular flexibility index (Phi) is 6.29. The van der Waals surface area contributed by atoms with Crippen molar-refractivity contribution in [2.45, 2.75) is 38.1 Å². The van der Waals surface area contributed by atoms with E-state index in [2.05, 4.69) is 5.32 Å². The molecule has 0 aliphatic heterocycles. The molecular weight excluding hydrogens is 359 g/mol. The van der Waals surface area contributed by atoms with Gasteiger partial charge in [-0.3, -0.25) is 9.59 Å². The summed E-state index contributed by atoms with van der Waals surface area (Å²) in [5.41, 5.74) is 0.996. The van der Waals surface area contributed by atoms with Crippen LogP contribution in [0.25, 0.3) is 0 Å². The van der Waals surface area contributed by atoms with Gasteiger partial charge in [-0.15, -0.1) is 0 Å². The molecule has 6 heteroatoms. The summed E-state index contributed by atoms with van der Waals surface area (Å²) in [5.74, 6) is -1.15. The van der Waals surface area contributed by atoms with Crippen LogP contribution in [0.5, 0.6) is 5.75 Å². The van der Waals surface area contributed by atoms with E-state index >= 15 is 0 Å². The SMILES string of the molecule is COc1ccc(C(=O)Nc2ccccc2C(=O)N(C)C2CCCCC2)cc1F. The zero-order valence-corrected chi connectivity index (χ0v) is 16.2. The Morgan fingerprint density at radius 1 is 1.11 bits per heavy atom. The van der Waals surface area contributed by atoms with Crippen molar-refractivity contribution < 1.29 is 18.7 Å². The number of carbonyl (C=O) groups excluding carboxylic acids is 2. The summed E-state index contributed by atoms with van der Waals surface area (Å²) in [4.78, 5) is 27.4. The minimum Gasteiger partial charge on any atom is -0.494 e. The highest BCUT2D eigenvalue weighted by molar-refractivity contribution is 6.09. The lowest BCUT2D eigenvalue weighted by Crippen LogP contribution is -2.38. The maximum absolute atomic E-state index is 13.9. The number of anilines is 1. The van der Waals surface area contributed by atoms with Crippen LogP contribution in [-0.4, -0.2) is 36.9 Å². The average molecular weight is 384 g/mol. The van der Waals surface area contributed by atoms with Crippen LogP contribution < -0.4 is 10.1 Å². The molecule has 1 aliphatic rings. The normalized spacial score (nSPS) is 14.4. The van der Waals surface area contributed by atoms with E-state index in [1.54, 1.807) is 29.2 Å². The molecule has 0 aromatic heterocycles. The third-order valence-electron chi connectivity index (χ3n) is 5.26. The van der Waals surface area contributed by atoms with Crippen molar-refractivity contribution in [2.75, 3.05) is 19.5 Å². The predicted molar refractivity (Wildman–Crippen MR) is 106 cm³/mol. The number of carbonyl (C=O) groups is 2. The van der Waals surface area contributed by atoms with Gasteiger partial charge < -0.3 is 15.0 Å². The molecule has 2 amide bonds. The maximum atomic E-state index is 13.9. The van der Waals surface area contributed by atoms with Crippen molar-refractivity contribution >= 4 is 17.5 Å². The third kappa shape index (κ3) is 4.32. The molecule has 148 valence electrons. The van der Waals surface area contributed by atoms with E-state index in [1.807, 2.05) is 7.05 Å². The van der Waals surface area contributed by atoms with E-state index in [4.69, 9.17) is 4.74 Å². The minimum atomic E-state index is -0.614. The number of halogens is 1. The molecule has 0 atom stereocenters. The molecule has 2 aromatic carbocycles. The van der Waals surface area contributed by atoms with Gasteiger partial charge in [0.15, 0.2) is 11.6 Å². The molecule has 2 aromatic rings. The number of amides is 2. The summed E-state index contributed by atoms with van der Waals surface area (Å²) in [7, 11) is 3.18. The van der Waals surface area contributed by atoms with Crippen molar-refractivity contribution in [1.29, 1.82) is 0 Å². The summed E-state index contributed by atoms with van der Waals surface area (Å²) in [6.45, 7) is 0. The Bertz CT molecular complexity index is 863. The number of nitrogens with one attached hydrogen (secondary N) is 1. The lowest BCUT2D eigenvalue weighted by atomic mass is 9.94. The Morgan fingerprint density at radius 2 is 1.82 bits per heavy atom. The summed E-state index contributed by atoms with van der Waals surface area (Å²) in [6, 6.07) is 11.1. The molecule has 0 saturated heterocycles. The van der Waals surface area contributed by atoms with Gasteiger partial charge in [-0.25, -0.2) is 4.39 Å². The number of ether oxygens (including phenoxy) is 1. The first-order valence-electron chi connectivity index (χ1n) is 9.52. The summed E-state index contributed by atoms with van der Waals surface area (Å²) >= 11 is 0. The van der Waals surface area contributed by atoms with Gasteiger partial charge in [0.25, 0.3) is 11.8 Å². The Balaban J connectivity index is 1.79. The molecule has 0 spiro atoms. The van der Waals surface area contributed by atoms with Gasteiger partial charge in [-0.05, 0) is 43.2 Å². The van der Waals surface area contributed by atoms with Crippen molar-refractivity contribution in [3.8, 4) is 5.75 Å². The zero-order valence-electron chi connectivity index (χ0n) is 16.2. The van der Waals surface area contributed by atoms with Gasteiger partial charge in [0.1, 0.15) is 0 Å². The Labute approximate surface area is 164 Å². The summed E-state index contributed by atoms with van der Waals surface area (Å²) in [5, 5.41) is 2.74. The van der Waals surface area contributed by atoms with E-state index < -0.39 is 11.7 Å². The monoisotopic (exact) mass is 384 g/mol. The highest BCUT2D eigenvalue weighted by Crippen LogP contribution is 2.25. The highest BCUT2D eigenvalue weighted by Gasteiger charge is 2.25. The van der Waals surface area contributed by atoms with Gasteiger partial charge in [-0.1, -0.05) is 31.4 Å². The first kappa shape index (κ1) is 19.9. The number of hydrogen-bond acceptors (Lipinski definition) is 3. The first-order chi connectivity index (χ1) is 13.5. The molecule has 1 N–H and O–H groups in total. The predicted octanol–water partition coefficient (Wildman–Crippen LogP) is 4.49. The van der Waals surface area contributed by atoms with Gasteiger partial charge in [0.05, 0.1) is 18.4 Å². The molecule has 3 rings (SSSR count). The molecule has 28 heavy (non-hydrogen) atoms. The summed E-state index contributed by atoms with van der Waals surface area (Å²) in [6.07, 6.45) is 5.47. The lowest BCUT2D eigenvalue weighted by molar-refractivity contribution is 0.0697. The van der Waals surface area contributed by atoms with E-state index in [0.717, 1.165) is 31.7 Å². The molecule has 1 saturated carbocycles. The molecule has 0 bridgehead atoms. The number of benzene rings is 2.